The van der Waals surface area contributed by atoms with Crippen LogP contribution in [0, 0.1) is 0 Å². The SMILES string of the molecule is c1ccc(-c2nc(-c3ccccc3-n3c4ccccc4c4ccccc43)nc(-c3cccc4oc5ccccc5c34)n2)cc1. The van der Waals surface area contributed by atoms with Crippen LogP contribution >= 0.6 is 0 Å². The molecule has 0 fully saturated rings. The number of para-hydroxylation sites is 4. The van der Waals surface area contributed by atoms with E-state index in [1.807, 2.05) is 66.7 Å². The van der Waals surface area contributed by atoms with Crippen molar-refractivity contribution >= 4 is 43.7 Å². The molecule has 0 saturated heterocycles. The summed E-state index contributed by atoms with van der Waals surface area (Å²) < 4.78 is 8.54. The fraction of sp³-hybridized carbons (Fsp3) is 0. The average Bonchev–Trinajstić information content (AvgIpc) is 3.64. The van der Waals surface area contributed by atoms with Gasteiger partial charge in [0.05, 0.1) is 16.7 Å². The second-order valence-electron chi connectivity index (χ2n) is 10.8. The normalized spacial score (nSPS) is 11.6. The van der Waals surface area contributed by atoms with E-state index in [4.69, 9.17) is 19.4 Å². The zero-order chi connectivity index (χ0) is 29.0. The van der Waals surface area contributed by atoms with E-state index in [-0.39, 0.29) is 0 Å². The number of aromatic nitrogens is 4. The summed E-state index contributed by atoms with van der Waals surface area (Å²) in [4.78, 5) is 15.3. The van der Waals surface area contributed by atoms with Gasteiger partial charge >= 0.3 is 0 Å². The molecule has 3 heterocycles. The Hall–Kier alpha value is -6.07. The summed E-state index contributed by atoms with van der Waals surface area (Å²) in [6.07, 6.45) is 0. The van der Waals surface area contributed by atoms with E-state index >= 15 is 0 Å². The molecule has 0 bridgehead atoms. The molecule has 0 aliphatic carbocycles. The van der Waals surface area contributed by atoms with Gasteiger partial charge in [-0.2, -0.15) is 0 Å². The summed E-state index contributed by atoms with van der Waals surface area (Å²) in [5, 5.41) is 4.44. The predicted octanol–water partition coefficient (Wildman–Crippen LogP) is 9.87. The lowest BCUT2D eigenvalue weighted by Crippen LogP contribution is -2.03. The highest BCUT2D eigenvalue weighted by Gasteiger charge is 2.20. The Balaban J connectivity index is 1.35. The molecule has 9 rings (SSSR count). The summed E-state index contributed by atoms with van der Waals surface area (Å²) in [6.45, 7) is 0. The zero-order valence-electron chi connectivity index (χ0n) is 23.6. The van der Waals surface area contributed by atoms with Gasteiger partial charge in [0.25, 0.3) is 0 Å². The molecule has 6 aromatic carbocycles. The first-order chi connectivity index (χ1) is 21.8. The third kappa shape index (κ3) is 3.76. The molecule has 206 valence electrons. The molecule has 0 radical (unpaired) electrons. The smallest absolute Gasteiger partial charge is 0.166 e. The van der Waals surface area contributed by atoms with Gasteiger partial charge in [-0.05, 0) is 36.4 Å². The third-order valence-corrected chi connectivity index (χ3v) is 8.28. The number of nitrogens with zero attached hydrogens (tertiary/aromatic N) is 4. The zero-order valence-corrected chi connectivity index (χ0v) is 23.6. The molecule has 5 heteroatoms. The van der Waals surface area contributed by atoms with Crippen molar-refractivity contribution in [2.24, 2.45) is 0 Å². The molecule has 9 aromatic rings. The van der Waals surface area contributed by atoms with Gasteiger partial charge in [0, 0.05) is 38.2 Å². The van der Waals surface area contributed by atoms with E-state index in [0.29, 0.717) is 17.5 Å². The van der Waals surface area contributed by atoms with Crippen LogP contribution in [-0.2, 0) is 0 Å². The molecule has 0 unspecified atom stereocenters. The van der Waals surface area contributed by atoms with Crippen LogP contribution in [0.2, 0.25) is 0 Å². The Bertz CT molecular complexity index is 2460. The van der Waals surface area contributed by atoms with Gasteiger partial charge in [0.1, 0.15) is 11.2 Å². The minimum Gasteiger partial charge on any atom is -0.456 e. The number of hydrogen-bond donors (Lipinski definition) is 0. The van der Waals surface area contributed by atoms with E-state index in [0.717, 1.165) is 55.3 Å². The monoisotopic (exact) mass is 564 g/mol. The summed E-state index contributed by atoms with van der Waals surface area (Å²) in [5.41, 5.74) is 7.67. The maximum absolute atomic E-state index is 6.22. The lowest BCUT2D eigenvalue weighted by atomic mass is 10.1. The molecule has 0 amide bonds. The molecule has 3 aromatic heterocycles. The number of hydrogen-bond acceptors (Lipinski definition) is 4. The molecule has 0 aliphatic heterocycles. The van der Waals surface area contributed by atoms with Crippen LogP contribution in [0.5, 0.6) is 0 Å². The van der Waals surface area contributed by atoms with Crippen molar-refractivity contribution < 1.29 is 4.42 Å². The van der Waals surface area contributed by atoms with Gasteiger partial charge in [-0.3, -0.25) is 0 Å². The highest BCUT2D eigenvalue weighted by molar-refractivity contribution is 6.12. The number of benzene rings is 6. The maximum atomic E-state index is 6.22. The van der Waals surface area contributed by atoms with Gasteiger partial charge in [-0.25, -0.2) is 15.0 Å². The van der Waals surface area contributed by atoms with Crippen LogP contribution in [0.3, 0.4) is 0 Å². The van der Waals surface area contributed by atoms with E-state index < -0.39 is 0 Å². The molecule has 0 saturated carbocycles. The van der Waals surface area contributed by atoms with Gasteiger partial charge in [0.2, 0.25) is 0 Å². The lowest BCUT2D eigenvalue weighted by Gasteiger charge is -2.14. The maximum Gasteiger partial charge on any atom is 0.166 e. The molecule has 0 N–H and O–H groups in total. The highest BCUT2D eigenvalue weighted by Crippen LogP contribution is 2.38. The van der Waals surface area contributed by atoms with E-state index in [9.17, 15) is 0 Å². The fourth-order valence-corrected chi connectivity index (χ4v) is 6.33. The van der Waals surface area contributed by atoms with Crippen LogP contribution in [0.25, 0.3) is 83.6 Å². The van der Waals surface area contributed by atoms with Gasteiger partial charge < -0.3 is 8.98 Å². The summed E-state index contributed by atoms with van der Waals surface area (Å²) in [7, 11) is 0. The molecule has 0 atom stereocenters. The van der Waals surface area contributed by atoms with Crippen molar-refractivity contribution in [3.05, 3.63) is 146 Å². The summed E-state index contributed by atoms with van der Waals surface area (Å²) >= 11 is 0. The first-order valence-corrected chi connectivity index (χ1v) is 14.6. The minimum atomic E-state index is 0.600. The largest absolute Gasteiger partial charge is 0.456 e. The molecule has 44 heavy (non-hydrogen) atoms. The fourth-order valence-electron chi connectivity index (χ4n) is 6.33. The van der Waals surface area contributed by atoms with Crippen molar-refractivity contribution in [3.8, 4) is 39.9 Å². The van der Waals surface area contributed by atoms with E-state index in [1.165, 1.54) is 10.8 Å². The first-order valence-electron chi connectivity index (χ1n) is 14.6. The lowest BCUT2D eigenvalue weighted by molar-refractivity contribution is 0.669. The number of fused-ring (bicyclic) bond motifs is 6. The number of furan rings is 1. The van der Waals surface area contributed by atoms with Crippen molar-refractivity contribution in [2.75, 3.05) is 0 Å². The Labute approximate surface area is 252 Å². The van der Waals surface area contributed by atoms with Crippen LogP contribution in [0.4, 0.5) is 0 Å². The van der Waals surface area contributed by atoms with Crippen LogP contribution in [0.15, 0.2) is 150 Å². The van der Waals surface area contributed by atoms with Gasteiger partial charge in [-0.1, -0.05) is 109 Å². The molecule has 0 spiro atoms. The van der Waals surface area contributed by atoms with Crippen LogP contribution in [-0.4, -0.2) is 19.5 Å². The van der Waals surface area contributed by atoms with Crippen LogP contribution in [0.1, 0.15) is 0 Å². The van der Waals surface area contributed by atoms with Crippen molar-refractivity contribution in [1.82, 2.24) is 19.5 Å². The summed E-state index contributed by atoms with van der Waals surface area (Å²) in [5.74, 6) is 1.83. The predicted molar refractivity (Wildman–Crippen MR) is 178 cm³/mol. The molecular weight excluding hydrogens is 540 g/mol. The first kappa shape index (κ1) is 24.5. The van der Waals surface area contributed by atoms with Gasteiger partial charge in [0.15, 0.2) is 17.5 Å². The second kappa shape index (κ2) is 9.75. The van der Waals surface area contributed by atoms with Crippen LogP contribution < -0.4 is 0 Å². The Kier molecular flexibility index (Phi) is 5.43. The molecule has 5 nitrogen and oxygen atoms in total. The molecular formula is C39H24N4O. The van der Waals surface area contributed by atoms with Gasteiger partial charge in [-0.15, -0.1) is 0 Å². The standard InChI is InChI=1S/C39H24N4O/c1-2-13-25(14-3-1)37-40-38(42-39(41-37)30-19-12-24-35-36(30)29-18-7-11-23-34(29)44-35)28-17-6-10-22-33(28)43-31-20-8-4-15-26(31)27-16-5-9-21-32(27)43/h1-24H. The van der Waals surface area contributed by atoms with Crippen molar-refractivity contribution in [3.63, 3.8) is 0 Å². The third-order valence-electron chi connectivity index (χ3n) is 8.28. The quantitative estimate of drug-likeness (QED) is 0.213. The van der Waals surface area contributed by atoms with Crippen molar-refractivity contribution in [2.45, 2.75) is 0 Å². The Morgan fingerprint density at radius 3 is 1.73 bits per heavy atom. The minimum absolute atomic E-state index is 0.600. The second-order valence-corrected chi connectivity index (χ2v) is 10.8. The van der Waals surface area contributed by atoms with Crippen molar-refractivity contribution in [1.29, 1.82) is 0 Å². The Morgan fingerprint density at radius 2 is 0.955 bits per heavy atom. The van der Waals surface area contributed by atoms with E-state index in [1.54, 1.807) is 0 Å². The average molecular weight is 565 g/mol. The molecule has 0 aliphatic rings. The summed E-state index contributed by atoms with van der Waals surface area (Å²) in [6, 6.07) is 49.7. The Morgan fingerprint density at radius 1 is 0.409 bits per heavy atom. The highest BCUT2D eigenvalue weighted by atomic mass is 16.3. The number of rotatable bonds is 4. The topological polar surface area (TPSA) is 56.7 Å². The van der Waals surface area contributed by atoms with E-state index in [2.05, 4.69) is 83.4 Å².